The molecule has 1 nitrogen and oxygen atoms in total. The van der Waals surface area contributed by atoms with Gasteiger partial charge in [0.25, 0.3) is 0 Å². The van der Waals surface area contributed by atoms with E-state index in [1.807, 2.05) is 6.92 Å². The molecule has 1 aromatic carbocycles. The van der Waals surface area contributed by atoms with Gasteiger partial charge >= 0.3 is 6.18 Å². The molecule has 108 valence electrons. The molecule has 0 aromatic heterocycles. The lowest BCUT2D eigenvalue weighted by atomic mass is 10.00. The number of hydrogen-bond acceptors (Lipinski definition) is 1. The number of rotatable bonds is 6. The molecule has 1 unspecified atom stereocenters. The van der Waals surface area contributed by atoms with Gasteiger partial charge in [-0.25, -0.2) is 4.39 Å². The molecule has 0 heterocycles. The van der Waals surface area contributed by atoms with Crippen molar-refractivity contribution in [2.45, 2.75) is 51.3 Å². The highest BCUT2D eigenvalue weighted by atomic mass is 19.4. The molecule has 0 bridgehead atoms. The van der Waals surface area contributed by atoms with Gasteiger partial charge in [-0.05, 0) is 24.6 Å². The third-order valence-electron chi connectivity index (χ3n) is 3.01. The van der Waals surface area contributed by atoms with Gasteiger partial charge in [-0.15, -0.1) is 0 Å². The van der Waals surface area contributed by atoms with Gasteiger partial charge in [-0.1, -0.05) is 32.6 Å². The van der Waals surface area contributed by atoms with Crippen LogP contribution in [-0.2, 0) is 6.18 Å². The summed E-state index contributed by atoms with van der Waals surface area (Å²) in [5.41, 5.74) is -1.21. The van der Waals surface area contributed by atoms with Crippen LogP contribution in [0.15, 0.2) is 18.2 Å². The zero-order chi connectivity index (χ0) is 14.5. The standard InChI is InChI=1S/C14H18F4O/c1-2-3-4-5-6-13(19)11-9-10(14(16,17)18)7-8-12(11)15/h7-9,13,19H,2-6H2,1H3. The monoisotopic (exact) mass is 278 g/mol. The Morgan fingerprint density at radius 1 is 1.16 bits per heavy atom. The van der Waals surface area contributed by atoms with Crippen LogP contribution >= 0.6 is 0 Å². The minimum Gasteiger partial charge on any atom is -0.388 e. The van der Waals surface area contributed by atoms with Crippen LogP contribution in [0.4, 0.5) is 17.6 Å². The van der Waals surface area contributed by atoms with Crippen LogP contribution in [-0.4, -0.2) is 5.11 Å². The van der Waals surface area contributed by atoms with Crippen molar-refractivity contribution in [1.82, 2.24) is 0 Å². The molecule has 0 saturated heterocycles. The first kappa shape index (κ1) is 16.0. The van der Waals surface area contributed by atoms with E-state index < -0.39 is 23.7 Å². The van der Waals surface area contributed by atoms with Gasteiger partial charge in [0.15, 0.2) is 0 Å². The molecule has 5 heteroatoms. The van der Waals surface area contributed by atoms with Crippen LogP contribution in [0.2, 0.25) is 0 Å². The molecule has 0 spiro atoms. The molecule has 1 aromatic rings. The molecule has 19 heavy (non-hydrogen) atoms. The Bertz CT molecular complexity index is 401. The second kappa shape index (κ2) is 6.89. The van der Waals surface area contributed by atoms with Crippen LogP contribution in [0.1, 0.15) is 56.3 Å². The molecular weight excluding hydrogens is 260 g/mol. The molecule has 0 aliphatic heterocycles. The van der Waals surface area contributed by atoms with Gasteiger partial charge in [0.05, 0.1) is 11.7 Å². The van der Waals surface area contributed by atoms with E-state index in [4.69, 9.17) is 0 Å². The van der Waals surface area contributed by atoms with Crippen molar-refractivity contribution >= 4 is 0 Å². The van der Waals surface area contributed by atoms with Gasteiger partial charge in [-0.2, -0.15) is 13.2 Å². The number of halogens is 4. The Morgan fingerprint density at radius 3 is 2.42 bits per heavy atom. The Labute approximate surface area is 110 Å². The lowest BCUT2D eigenvalue weighted by molar-refractivity contribution is -0.137. The molecule has 0 fully saturated rings. The quantitative estimate of drug-likeness (QED) is 0.582. The van der Waals surface area contributed by atoms with Crippen molar-refractivity contribution in [3.63, 3.8) is 0 Å². The molecular formula is C14H18F4O. The van der Waals surface area contributed by atoms with Crippen molar-refractivity contribution in [2.24, 2.45) is 0 Å². The van der Waals surface area contributed by atoms with Gasteiger partial charge < -0.3 is 5.11 Å². The van der Waals surface area contributed by atoms with Crippen LogP contribution in [0.5, 0.6) is 0 Å². The highest BCUT2D eigenvalue weighted by Gasteiger charge is 2.31. The number of hydrogen-bond donors (Lipinski definition) is 1. The zero-order valence-corrected chi connectivity index (χ0v) is 10.8. The number of aliphatic hydroxyl groups excluding tert-OH is 1. The van der Waals surface area contributed by atoms with Gasteiger partial charge in [0.1, 0.15) is 5.82 Å². The highest BCUT2D eigenvalue weighted by molar-refractivity contribution is 5.28. The summed E-state index contributed by atoms with van der Waals surface area (Å²) in [5.74, 6) is -0.795. The SMILES string of the molecule is CCCCCCC(O)c1cc(C(F)(F)F)ccc1F. The minimum atomic E-state index is -4.52. The fourth-order valence-corrected chi connectivity index (χ4v) is 1.90. The van der Waals surface area contributed by atoms with Crippen molar-refractivity contribution in [1.29, 1.82) is 0 Å². The molecule has 0 radical (unpaired) electrons. The first-order chi connectivity index (χ1) is 8.86. The van der Waals surface area contributed by atoms with Gasteiger partial charge in [0, 0.05) is 5.56 Å². The van der Waals surface area contributed by atoms with Crippen molar-refractivity contribution in [2.75, 3.05) is 0 Å². The van der Waals surface area contributed by atoms with Gasteiger partial charge in [-0.3, -0.25) is 0 Å². The van der Waals surface area contributed by atoms with Crippen molar-refractivity contribution in [3.05, 3.63) is 35.1 Å². The minimum absolute atomic E-state index is 0.272. The van der Waals surface area contributed by atoms with E-state index in [1.165, 1.54) is 0 Å². The Morgan fingerprint density at radius 2 is 1.84 bits per heavy atom. The smallest absolute Gasteiger partial charge is 0.388 e. The Kier molecular flexibility index (Phi) is 5.79. The number of benzene rings is 1. The first-order valence-corrected chi connectivity index (χ1v) is 6.41. The first-order valence-electron chi connectivity index (χ1n) is 6.41. The summed E-state index contributed by atoms with van der Waals surface area (Å²) in [7, 11) is 0. The van der Waals surface area contributed by atoms with E-state index in [0.29, 0.717) is 18.6 Å². The second-order valence-corrected chi connectivity index (χ2v) is 4.60. The second-order valence-electron chi connectivity index (χ2n) is 4.60. The van der Waals surface area contributed by atoms with Crippen molar-refractivity contribution < 1.29 is 22.7 Å². The van der Waals surface area contributed by atoms with E-state index in [1.54, 1.807) is 0 Å². The maximum absolute atomic E-state index is 13.5. The lowest BCUT2D eigenvalue weighted by Gasteiger charge is -2.14. The predicted octanol–water partition coefficient (Wildman–Crippen LogP) is 4.85. The summed E-state index contributed by atoms with van der Waals surface area (Å²) in [6.45, 7) is 2.03. The van der Waals surface area contributed by atoms with Crippen LogP contribution in [0.25, 0.3) is 0 Å². The highest BCUT2D eigenvalue weighted by Crippen LogP contribution is 2.32. The molecule has 0 aliphatic rings. The van der Waals surface area contributed by atoms with Crippen LogP contribution in [0, 0.1) is 5.82 Å². The zero-order valence-electron chi connectivity index (χ0n) is 10.8. The summed E-state index contributed by atoms with van der Waals surface area (Å²) >= 11 is 0. The van der Waals surface area contributed by atoms with Crippen LogP contribution in [0.3, 0.4) is 0 Å². The summed E-state index contributed by atoms with van der Waals surface area (Å²) in [6, 6.07) is 2.13. The maximum atomic E-state index is 13.5. The molecule has 1 atom stereocenters. The molecule has 1 rings (SSSR count). The predicted molar refractivity (Wildman–Crippen MR) is 65.1 cm³/mol. The number of aliphatic hydroxyl groups is 1. The normalized spacial score (nSPS) is 13.6. The number of alkyl halides is 3. The lowest BCUT2D eigenvalue weighted by Crippen LogP contribution is -2.08. The summed E-state index contributed by atoms with van der Waals surface area (Å²) in [5, 5.41) is 9.78. The van der Waals surface area contributed by atoms with Gasteiger partial charge in [0.2, 0.25) is 0 Å². The average Bonchev–Trinajstić information content (AvgIpc) is 2.33. The number of unbranched alkanes of at least 4 members (excludes halogenated alkanes) is 3. The van der Waals surface area contributed by atoms with E-state index in [9.17, 15) is 22.7 Å². The Hall–Kier alpha value is -1.10. The summed E-state index contributed by atoms with van der Waals surface area (Å²) in [6.07, 6.45) is -1.85. The van der Waals surface area contributed by atoms with E-state index >= 15 is 0 Å². The molecule has 1 N–H and O–H groups in total. The molecule has 0 saturated carbocycles. The fourth-order valence-electron chi connectivity index (χ4n) is 1.90. The average molecular weight is 278 g/mol. The van der Waals surface area contributed by atoms with Crippen molar-refractivity contribution in [3.8, 4) is 0 Å². The van der Waals surface area contributed by atoms with E-state index in [2.05, 4.69) is 0 Å². The molecule has 0 amide bonds. The third-order valence-corrected chi connectivity index (χ3v) is 3.01. The Balaban J connectivity index is 2.75. The summed E-state index contributed by atoms with van der Waals surface area (Å²) in [4.78, 5) is 0. The van der Waals surface area contributed by atoms with E-state index in [-0.39, 0.29) is 12.0 Å². The maximum Gasteiger partial charge on any atom is 0.416 e. The van der Waals surface area contributed by atoms with Crippen LogP contribution < -0.4 is 0 Å². The largest absolute Gasteiger partial charge is 0.416 e. The third kappa shape index (κ3) is 4.82. The fraction of sp³-hybridized carbons (Fsp3) is 0.571. The topological polar surface area (TPSA) is 20.2 Å². The molecule has 0 aliphatic carbocycles. The van der Waals surface area contributed by atoms with E-state index in [0.717, 1.165) is 25.3 Å². The summed E-state index contributed by atoms with van der Waals surface area (Å²) < 4.78 is 51.0.